The van der Waals surface area contributed by atoms with Crippen LogP contribution >= 0.6 is 0 Å². The summed E-state index contributed by atoms with van der Waals surface area (Å²) in [4.78, 5) is 28.4. The summed E-state index contributed by atoms with van der Waals surface area (Å²) < 4.78 is 26.7. The van der Waals surface area contributed by atoms with Gasteiger partial charge in [0.1, 0.15) is 11.7 Å². The minimum atomic E-state index is -0.801. The maximum absolute atomic E-state index is 12.8. The van der Waals surface area contributed by atoms with E-state index in [2.05, 4.69) is 15.6 Å². The second-order valence-corrected chi connectivity index (χ2v) is 7.05. The van der Waals surface area contributed by atoms with Gasteiger partial charge in [-0.15, -0.1) is 0 Å². The van der Waals surface area contributed by atoms with E-state index in [1.807, 2.05) is 0 Å². The number of carbonyl (C=O) groups excluding carboxylic acids is 2. The van der Waals surface area contributed by atoms with Gasteiger partial charge < -0.3 is 39.3 Å². The van der Waals surface area contributed by atoms with Crippen LogP contribution in [-0.4, -0.2) is 51.0 Å². The monoisotopic (exact) mass is 441 g/mol. The van der Waals surface area contributed by atoms with Gasteiger partial charge in [0.25, 0.3) is 5.91 Å². The summed E-state index contributed by atoms with van der Waals surface area (Å²) in [7, 11) is 4.52. The zero-order valence-electron chi connectivity index (χ0n) is 18.0. The van der Waals surface area contributed by atoms with E-state index >= 15 is 0 Å². The minimum Gasteiger partial charge on any atom is -0.493 e. The van der Waals surface area contributed by atoms with Crippen molar-refractivity contribution in [1.29, 1.82) is 0 Å². The maximum atomic E-state index is 12.8. The first-order chi connectivity index (χ1) is 15.4. The van der Waals surface area contributed by atoms with Crippen LogP contribution < -0.4 is 34.3 Å². The number of benzene rings is 2. The molecule has 1 aliphatic rings. The zero-order chi connectivity index (χ0) is 22.8. The van der Waals surface area contributed by atoms with Crippen molar-refractivity contribution in [2.75, 3.05) is 33.4 Å². The van der Waals surface area contributed by atoms with E-state index < -0.39 is 11.9 Å². The number of carbonyl (C=O) groups is 2. The largest absolute Gasteiger partial charge is 0.493 e. The number of aromatic nitrogens is 1. The molecule has 0 saturated carbocycles. The molecular weight excluding hydrogens is 418 g/mol. The number of amides is 2. The first kappa shape index (κ1) is 21.2. The first-order valence-electron chi connectivity index (χ1n) is 9.78. The standard InChI is InChI=1S/C22H23N3O7/c1-11(21(26)24-13-5-6-15-16(9-13)32-10-31-15)23-22(27)14-7-12-8-17(28-2)19(29-3)20(30-4)18(12)25-14/h5-9,11,25H,10H2,1-4H3,(H,23,27)(H,24,26)/t11-/m0/s1. The van der Waals surface area contributed by atoms with Crippen LogP contribution in [0.25, 0.3) is 10.9 Å². The van der Waals surface area contributed by atoms with Crippen molar-refractivity contribution in [2.45, 2.75) is 13.0 Å². The molecule has 0 fully saturated rings. The maximum Gasteiger partial charge on any atom is 0.268 e. The zero-order valence-corrected chi connectivity index (χ0v) is 18.0. The number of hydrogen-bond donors (Lipinski definition) is 3. The summed E-state index contributed by atoms with van der Waals surface area (Å²) >= 11 is 0. The lowest BCUT2D eigenvalue weighted by atomic mass is 10.2. The Balaban J connectivity index is 1.49. The molecule has 3 aromatic rings. The second kappa shape index (κ2) is 8.58. The SMILES string of the molecule is COc1cc2cc(C(=O)N[C@@H](C)C(=O)Nc3ccc4c(c3)OCO4)[nH]c2c(OC)c1OC. The third kappa shape index (κ3) is 3.82. The van der Waals surface area contributed by atoms with Crippen molar-refractivity contribution in [1.82, 2.24) is 10.3 Å². The van der Waals surface area contributed by atoms with E-state index in [9.17, 15) is 9.59 Å². The molecule has 1 aliphatic heterocycles. The van der Waals surface area contributed by atoms with Gasteiger partial charge in [-0.1, -0.05) is 0 Å². The molecule has 0 radical (unpaired) electrons. The topological polar surface area (TPSA) is 120 Å². The molecule has 168 valence electrons. The van der Waals surface area contributed by atoms with Gasteiger partial charge in [-0.05, 0) is 31.2 Å². The van der Waals surface area contributed by atoms with Gasteiger partial charge in [0, 0.05) is 17.1 Å². The number of H-pyrrole nitrogens is 1. The summed E-state index contributed by atoms with van der Waals surface area (Å²) in [5.74, 6) is 1.63. The van der Waals surface area contributed by atoms with Crippen LogP contribution in [0.2, 0.25) is 0 Å². The Morgan fingerprint density at radius 1 is 1.00 bits per heavy atom. The fourth-order valence-electron chi connectivity index (χ4n) is 3.43. The molecule has 10 heteroatoms. The molecule has 10 nitrogen and oxygen atoms in total. The molecule has 1 atom stereocenters. The Morgan fingerprint density at radius 3 is 2.47 bits per heavy atom. The highest BCUT2D eigenvalue weighted by atomic mass is 16.7. The second-order valence-electron chi connectivity index (χ2n) is 7.05. The molecule has 32 heavy (non-hydrogen) atoms. The van der Waals surface area contributed by atoms with Crippen LogP contribution in [-0.2, 0) is 4.79 Å². The number of nitrogens with one attached hydrogen (secondary N) is 3. The molecule has 4 rings (SSSR count). The van der Waals surface area contributed by atoms with E-state index in [0.717, 1.165) is 0 Å². The molecular formula is C22H23N3O7. The lowest BCUT2D eigenvalue weighted by Crippen LogP contribution is -2.41. The number of fused-ring (bicyclic) bond motifs is 2. The van der Waals surface area contributed by atoms with Crippen molar-refractivity contribution < 1.29 is 33.3 Å². The van der Waals surface area contributed by atoms with E-state index in [0.29, 0.717) is 45.3 Å². The number of ether oxygens (including phenoxy) is 5. The Kier molecular flexibility index (Phi) is 5.67. The summed E-state index contributed by atoms with van der Waals surface area (Å²) in [6, 6.07) is 7.66. The van der Waals surface area contributed by atoms with Gasteiger partial charge in [0.15, 0.2) is 23.0 Å². The smallest absolute Gasteiger partial charge is 0.268 e. The molecule has 1 aromatic heterocycles. The minimum absolute atomic E-state index is 0.145. The Morgan fingerprint density at radius 2 is 1.75 bits per heavy atom. The van der Waals surface area contributed by atoms with Crippen molar-refractivity contribution in [3.8, 4) is 28.7 Å². The Labute approximate surface area is 183 Å². The number of hydrogen-bond acceptors (Lipinski definition) is 7. The highest BCUT2D eigenvalue weighted by molar-refractivity contribution is 6.04. The quantitative estimate of drug-likeness (QED) is 0.516. The van der Waals surface area contributed by atoms with Crippen molar-refractivity contribution in [3.63, 3.8) is 0 Å². The molecule has 2 heterocycles. The molecule has 0 spiro atoms. The molecule has 0 unspecified atom stereocenters. The van der Waals surface area contributed by atoms with Crippen LogP contribution in [0.3, 0.4) is 0 Å². The number of aromatic amines is 1. The van der Waals surface area contributed by atoms with Crippen molar-refractivity contribution >= 4 is 28.4 Å². The molecule has 0 saturated heterocycles. The van der Waals surface area contributed by atoms with Crippen LogP contribution in [0, 0.1) is 0 Å². The number of rotatable bonds is 7. The third-order valence-corrected chi connectivity index (χ3v) is 5.05. The Hall–Kier alpha value is -4.08. The highest BCUT2D eigenvalue weighted by Crippen LogP contribution is 2.43. The van der Waals surface area contributed by atoms with E-state index in [1.54, 1.807) is 37.3 Å². The average molecular weight is 441 g/mol. The summed E-state index contributed by atoms with van der Waals surface area (Å²) in [5.41, 5.74) is 1.37. The van der Waals surface area contributed by atoms with E-state index in [1.165, 1.54) is 21.3 Å². The molecule has 0 bridgehead atoms. The summed E-state index contributed by atoms with van der Waals surface area (Å²) in [6.45, 7) is 1.74. The first-order valence-corrected chi connectivity index (χ1v) is 9.78. The van der Waals surface area contributed by atoms with Gasteiger partial charge in [-0.2, -0.15) is 0 Å². The van der Waals surface area contributed by atoms with Crippen LogP contribution in [0.4, 0.5) is 5.69 Å². The van der Waals surface area contributed by atoms with Gasteiger partial charge >= 0.3 is 0 Å². The average Bonchev–Trinajstić information content (AvgIpc) is 3.43. The van der Waals surface area contributed by atoms with Crippen molar-refractivity contribution in [3.05, 3.63) is 36.0 Å². The van der Waals surface area contributed by atoms with Crippen LogP contribution in [0.15, 0.2) is 30.3 Å². The van der Waals surface area contributed by atoms with Gasteiger partial charge in [0.2, 0.25) is 18.4 Å². The molecule has 2 amide bonds. The van der Waals surface area contributed by atoms with Gasteiger partial charge in [-0.3, -0.25) is 9.59 Å². The molecule has 0 aliphatic carbocycles. The number of anilines is 1. The van der Waals surface area contributed by atoms with Crippen molar-refractivity contribution in [2.24, 2.45) is 0 Å². The fourth-order valence-corrected chi connectivity index (χ4v) is 3.43. The molecule has 3 N–H and O–H groups in total. The number of methoxy groups -OCH3 is 3. The summed E-state index contributed by atoms with van der Waals surface area (Å²) in [6.07, 6.45) is 0. The lowest BCUT2D eigenvalue weighted by Gasteiger charge is -2.14. The third-order valence-electron chi connectivity index (χ3n) is 5.05. The molecule has 2 aromatic carbocycles. The Bertz CT molecular complexity index is 1190. The van der Waals surface area contributed by atoms with Crippen LogP contribution in [0.5, 0.6) is 28.7 Å². The normalized spacial score (nSPS) is 12.9. The van der Waals surface area contributed by atoms with E-state index in [-0.39, 0.29) is 18.4 Å². The van der Waals surface area contributed by atoms with Crippen LogP contribution in [0.1, 0.15) is 17.4 Å². The van der Waals surface area contributed by atoms with E-state index in [4.69, 9.17) is 23.7 Å². The fraction of sp³-hybridized carbons (Fsp3) is 0.273. The highest BCUT2D eigenvalue weighted by Gasteiger charge is 2.22. The predicted octanol–water partition coefficient (Wildman–Crippen LogP) is 2.68. The predicted molar refractivity (Wildman–Crippen MR) is 116 cm³/mol. The van der Waals surface area contributed by atoms with Gasteiger partial charge in [-0.25, -0.2) is 0 Å². The summed E-state index contributed by atoms with van der Waals surface area (Å²) in [5, 5.41) is 6.13. The van der Waals surface area contributed by atoms with Gasteiger partial charge in [0.05, 0.1) is 26.8 Å². The lowest BCUT2D eigenvalue weighted by molar-refractivity contribution is -0.117.